The molecule has 0 spiro atoms. The van der Waals surface area contributed by atoms with Gasteiger partial charge in [-0.2, -0.15) is 0 Å². The number of hydrogen-bond donors (Lipinski definition) is 1. The van der Waals surface area contributed by atoms with Gasteiger partial charge in [-0.15, -0.1) is 0 Å². The molecule has 1 rings (SSSR count). The largest absolute Gasteiger partial charge is 0.368 e. The highest BCUT2D eigenvalue weighted by molar-refractivity contribution is 4.74. The van der Waals surface area contributed by atoms with Crippen LogP contribution in [0.2, 0.25) is 0 Å². The standard InChI is InChI=1S/C8H16O2/c1-5-4-10-8(9)7(3)6(5)2/h5-9H,4H2,1-3H3/t5-,6+,7?,8?/m1/s1. The van der Waals surface area contributed by atoms with Gasteiger partial charge in [0.15, 0.2) is 6.29 Å². The lowest BCUT2D eigenvalue weighted by atomic mass is 9.83. The van der Waals surface area contributed by atoms with Crippen LogP contribution in [0.5, 0.6) is 0 Å². The summed E-state index contributed by atoms with van der Waals surface area (Å²) < 4.78 is 5.13. The molecule has 2 heteroatoms. The Morgan fingerprint density at radius 2 is 1.80 bits per heavy atom. The first-order valence-corrected chi connectivity index (χ1v) is 3.92. The molecule has 1 heterocycles. The second kappa shape index (κ2) is 2.89. The van der Waals surface area contributed by atoms with Crippen LogP contribution in [0.4, 0.5) is 0 Å². The van der Waals surface area contributed by atoms with Crippen molar-refractivity contribution in [2.24, 2.45) is 17.8 Å². The van der Waals surface area contributed by atoms with Gasteiger partial charge in [0.1, 0.15) is 0 Å². The minimum absolute atomic E-state index is 0.281. The van der Waals surface area contributed by atoms with Gasteiger partial charge >= 0.3 is 0 Å². The monoisotopic (exact) mass is 144 g/mol. The van der Waals surface area contributed by atoms with Crippen LogP contribution < -0.4 is 0 Å². The zero-order valence-corrected chi connectivity index (χ0v) is 6.87. The molecule has 1 fully saturated rings. The van der Waals surface area contributed by atoms with Crippen LogP contribution in [0.1, 0.15) is 20.8 Å². The van der Waals surface area contributed by atoms with E-state index in [1.54, 1.807) is 0 Å². The van der Waals surface area contributed by atoms with Crippen LogP contribution in [-0.4, -0.2) is 18.0 Å². The van der Waals surface area contributed by atoms with E-state index in [0.717, 1.165) is 0 Å². The Hall–Kier alpha value is -0.0800. The number of aliphatic hydroxyl groups excluding tert-OH is 1. The molecule has 0 radical (unpaired) electrons. The van der Waals surface area contributed by atoms with E-state index in [9.17, 15) is 5.11 Å². The summed E-state index contributed by atoms with van der Waals surface area (Å²) >= 11 is 0. The maximum absolute atomic E-state index is 9.24. The van der Waals surface area contributed by atoms with Crippen molar-refractivity contribution in [3.8, 4) is 0 Å². The van der Waals surface area contributed by atoms with Crippen molar-refractivity contribution in [1.29, 1.82) is 0 Å². The Morgan fingerprint density at radius 1 is 1.20 bits per heavy atom. The van der Waals surface area contributed by atoms with Crippen molar-refractivity contribution < 1.29 is 9.84 Å². The highest BCUT2D eigenvalue weighted by Crippen LogP contribution is 2.28. The fourth-order valence-corrected chi connectivity index (χ4v) is 1.33. The predicted octanol–water partition coefficient (Wildman–Crippen LogP) is 1.24. The molecule has 0 aromatic heterocycles. The SMILES string of the molecule is CC1C(O)OC[C@@H](C)[C@@H]1C. The van der Waals surface area contributed by atoms with Crippen molar-refractivity contribution in [3.63, 3.8) is 0 Å². The third kappa shape index (κ3) is 1.32. The Kier molecular flexibility index (Phi) is 2.32. The Bertz CT molecular complexity index is 99.8. The average Bonchev–Trinajstić information content (AvgIpc) is 1.93. The lowest BCUT2D eigenvalue weighted by Gasteiger charge is -2.35. The quantitative estimate of drug-likeness (QED) is 0.554. The van der Waals surface area contributed by atoms with Gasteiger partial charge in [0.2, 0.25) is 0 Å². The van der Waals surface area contributed by atoms with Crippen molar-refractivity contribution in [2.75, 3.05) is 6.61 Å². The van der Waals surface area contributed by atoms with E-state index in [-0.39, 0.29) is 5.92 Å². The van der Waals surface area contributed by atoms with Crippen LogP contribution in [0.15, 0.2) is 0 Å². The van der Waals surface area contributed by atoms with Crippen LogP contribution in [0, 0.1) is 17.8 Å². The second-order valence-corrected chi connectivity index (χ2v) is 3.42. The topological polar surface area (TPSA) is 29.5 Å². The fraction of sp³-hybridized carbons (Fsp3) is 1.00. The zero-order chi connectivity index (χ0) is 7.72. The minimum Gasteiger partial charge on any atom is -0.368 e. The summed E-state index contributed by atoms with van der Waals surface area (Å²) in [4.78, 5) is 0. The molecule has 2 nitrogen and oxygen atoms in total. The van der Waals surface area contributed by atoms with Gasteiger partial charge in [-0.3, -0.25) is 0 Å². The number of aliphatic hydroxyl groups is 1. The summed E-state index contributed by atoms with van der Waals surface area (Å²) in [6.45, 7) is 7.06. The smallest absolute Gasteiger partial charge is 0.157 e. The van der Waals surface area contributed by atoms with Crippen molar-refractivity contribution >= 4 is 0 Å². The van der Waals surface area contributed by atoms with Crippen LogP contribution in [0.25, 0.3) is 0 Å². The van der Waals surface area contributed by atoms with Crippen LogP contribution in [0.3, 0.4) is 0 Å². The van der Waals surface area contributed by atoms with Crippen LogP contribution >= 0.6 is 0 Å². The van der Waals surface area contributed by atoms with Crippen molar-refractivity contribution in [1.82, 2.24) is 0 Å². The first-order valence-electron chi connectivity index (χ1n) is 3.92. The number of hydrogen-bond acceptors (Lipinski definition) is 2. The van der Waals surface area contributed by atoms with E-state index in [1.807, 2.05) is 6.92 Å². The molecular formula is C8H16O2. The lowest BCUT2D eigenvalue weighted by Crippen LogP contribution is -2.38. The van der Waals surface area contributed by atoms with Gasteiger partial charge in [-0.05, 0) is 11.8 Å². The first-order chi connectivity index (χ1) is 4.63. The van der Waals surface area contributed by atoms with Gasteiger partial charge in [-0.25, -0.2) is 0 Å². The molecule has 2 unspecified atom stereocenters. The summed E-state index contributed by atoms with van der Waals surface area (Å²) in [6.07, 6.45) is -0.536. The molecule has 0 amide bonds. The van der Waals surface area contributed by atoms with Gasteiger partial charge in [0, 0.05) is 5.92 Å². The summed E-state index contributed by atoms with van der Waals surface area (Å²) in [5, 5.41) is 9.24. The van der Waals surface area contributed by atoms with E-state index in [0.29, 0.717) is 18.4 Å². The van der Waals surface area contributed by atoms with E-state index < -0.39 is 6.29 Å². The van der Waals surface area contributed by atoms with Crippen molar-refractivity contribution in [2.45, 2.75) is 27.1 Å². The first kappa shape index (κ1) is 8.02. The number of rotatable bonds is 0. The predicted molar refractivity (Wildman–Crippen MR) is 39.5 cm³/mol. The molecule has 60 valence electrons. The highest BCUT2D eigenvalue weighted by Gasteiger charge is 2.30. The van der Waals surface area contributed by atoms with Gasteiger partial charge in [-0.1, -0.05) is 20.8 Å². The third-order valence-corrected chi connectivity index (χ3v) is 2.71. The van der Waals surface area contributed by atoms with E-state index in [1.165, 1.54) is 0 Å². The maximum Gasteiger partial charge on any atom is 0.157 e. The Balaban J connectivity index is 2.52. The summed E-state index contributed by atoms with van der Waals surface area (Å²) in [7, 11) is 0. The van der Waals surface area contributed by atoms with Gasteiger partial charge < -0.3 is 9.84 Å². The molecule has 0 aromatic rings. The van der Waals surface area contributed by atoms with Crippen molar-refractivity contribution in [3.05, 3.63) is 0 Å². The molecule has 0 saturated carbocycles. The fourth-order valence-electron chi connectivity index (χ4n) is 1.33. The zero-order valence-electron chi connectivity index (χ0n) is 6.87. The Morgan fingerprint density at radius 3 is 2.30 bits per heavy atom. The molecular weight excluding hydrogens is 128 g/mol. The van der Waals surface area contributed by atoms with E-state index in [4.69, 9.17) is 4.74 Å². The molecule has 0 aliphatic carbocycles. The highest BCUT2D eigenvalue weighted by atomic mass is 16.6. The van der Waals surface area contributed by atoms with E-state index in [2.05, 4.69) is 13.8 Å². The molecule has 10 heavy (non-hydrogen) atoms. The molecule has 4 atom stereocenters. The molecule has 1 aliphatic heterocycles. The molecule has 1 saturated heterocycles. The summed E-state index contributed by atoms with van der Waals surface area (Å²) in [5.74, 6) is 1.44. The normalized spacial score (nSPS) is 49.2. The second-order valence-electron chi connectivity index (χ2n) is 3.42. The average molecular weight is 144 g/mol. The molecule has 1 N–H and O–H groups in total. The Labute approximate surface area is 62.2 Å². The summed E-state index contributed by atoms with van der Waals surface area (Å²) in [5.41, 5.74) is 0. The van der Waals surface area contributed by atoms with E-state index >= 15 is 0 Å². The molecule has 1 aliphatic rings. The van der Waals surface area contributed by atoms with Gasteiger partial charge in [0.05, 0.1) is 6.61 Å². The van der Waals surface area contributed by atoms with Gasteiger partial charge in [0.25, 0.3) is 0 Å². The number of ether oxygens (including phenoxy) is 1. The van der Waals surface area contributed by atoms with Crippen LogP contribution in [-0.2, 0) is 4.74 Å². The minimum atomic E-state index is -0.536. The lowest BCUT2D eigenvalue weighted by molar-refractivity contribution is -0.186. The maximum atomic E-state index is 9.24. The summed E-state index contributed by atoms with van der Waals surface area (Å²) in [6, 6.07) is 0. The molecule has 0 aromatic carbocycles. The third-order valence-electron chi connectivity index (χ3n) is 2.71. The molecule has 0 bridgehead atoms.